The fourth-order valence-corrected chi connectivity index (χ4v) is 1.88. The summed E-state index contributed by atoms with van der Waals surface area (Å²) in [5, 5.41) is 3.02. The van der Waals surface area contributed by atoms with Crippen LogP contribution < -0.4 is 5.32 Å². The summed E-state index contributed by atoms with van der Waals surface area (Å²) >= 11 is 0. The second kappa shape index (κ2) is 3.50. The van der Waals surface area contributed by atoms with E-state index in [4.69, 9.17) is 4.42 Å². The minimum atomic E-state index is 0.633. The van der Waals surface area contributed by atoms with Crippen molar-refractivity contribution in [2.75, 3.05) is 7.05 Å². The second-order valence-corrected chi connectivity index (χ2v) is 3.96. The van der Waals surface area contributed by atoms with E-state index in [-0.39, 0.29) is 0 Å². The maximum atomic E-state index is 5.60. The van der Waals surface area contributed by atoms with Crippen molar-refractivity contribution in [2.45, 2.75) is 32.2 Å². The first-order valence-corrected chi connectivity index (χ1v) is 4.88. The molecule has 0 unspecified atom stereocenters. The van der Waals surface area contributed by atoms with Crippen LogP contribution in [-0.4, -0.2) is 12.0 Å². The summed E-state index contributed by atoms with van der Waals surface area (Å²) in [5.41, 5.74) is 0. The summed E-state index contributed by atoms with van der Waals surface area (Å²) in [6.07, 6.45) is 4.39. The molecule has 0 spiro atoms. The highest BCUT2D eigenvalue weighted by atomic mass is 16.4. The van der Waals surface area contributed by atoms with Crippen LogP contribution >= 0.6 is 0 Å². The summed E-state index contributed by atoms with van der Waals surface area (Å²) in [6.45, 7) is 3.00. The first kappa shape index (κ1) is 8.75. The zero-order valence-corrected chi connectivity index (χ0v) is 8.21. The lowest BCUT2D eigenvalue weighted by Gasteiger charge is -2.30. The molecule has 1 aliphatic carbocycles. The van der Waals surface area contributed by atoms with E-state index in [1.807, 2.05) is 13.2 Å². The van der Waals surface area contributed by atoms with Crippen molar-refractivity contribution in [3.8, 4) is 0 Å². The number of nitrogens with zero attached hydrogens (tertiary/aromatic N) is 1. The van der Waals surface area contributed by atoms with Crippen molar-refractivity contribution >= 4 is 0 Å². The molecule has 1 saturated carbocycles. The van der Waals surface area contributed by atoms with E-state index in [9.17, 15) is 0 Å². The third-order valence-corrected chi connectivity index (χ3v) is 2.68. The number of oxazole rings is 1. The maximum Gasteiger partial charge on any atom is 0.208 e. The molecule has 1 N–H and O–H groups in total. The van der Waals surface area contributed by atoms with Crippen LogP contribution in [0.5, 0.6) is 0 Å². The van der Waals surface area contributed by atoms with E-state index in [0.29, 0.717) is 5.92 Å². The van der Waals surface area contributed by atoms with E-state index in [1.165, 1.54) is 12.8 Å². The van der Waals surface area contributed by atoms with Gasteiger partial charge in [-0.15, -0.1) is 0 Å². The third kappa shape index (κ3) is 1.75. The van der Waals surface area contributed by atoms with Crippen LogP contribution in [0.2, 0.25) is 0 Å². The molecule has 0 amide bonds. The van der Waals surface area contributed by atoms with Gasteiger partial charge in [-0.1, -0.05) is 6.92 Å². The van der Waals surface area contributed by atoms with E-state index in [0.717, 1.165) is 24.1 Å². The number of rotatable bonds is 3. The Balaban J connectivity index is 1.97. The SMILES string of the molecule is CNCc1ncc(C2CC(C)C2)o1. The smallest absolute Gasteiger partial charge is 0.208 e. The van der Waals surface area contributed by atoms with Crippen molar-refractivity contribution < 1.29 is 4.42 Å². The quantitative estimate of drug-likeness (QED) is 0.772. The van der Waals surface area contributed by atoms with E-state index >= 15 is 0 Å². The monoisotopic (exact) mass is 180 g/mol. The first-order chi connectivity index (χ1) is 6.29. The molecule has 1 fully saturated rings. The number of hydrogen-bond donors (Lipinski definition) is 1. The Hall–Kier alpha value is -0.830. The molecule has 3 heteroatoms. The molecular formula is C10H16N2O. The lowest BCUT2D eigenvalue weighted by atomic mass is 9.75. The highest BCUT2D eigenvalue weighted by Gasteiger charge is 2.29. The lowest BCUT2D eigenvalue weighted by molar-refractivity contribution is 0.248. The van der Waals surface area contributed by atoms with Gasteiger partial charge in [0.25, 0.3) is 0 Å². The van der Waals surface area contributed by atoms with E-state index in [2.05, 4.69) is 17.2 Å². The van der Waals surface area contributed by atoms with Gasteiger partial charge in [-0.3, -0.25) is 0 Å². The largest absolute Gasteiger partial charge is 0.444 e. The molecule has 0 radical (unpaired) electrons. The zero-order chi connectivity index (χ0) is 9.26. The molecule has 72 valence electrons. The average Bonchev–Trinajstić information content (AvgIpc) is 2.48. The van der Waals surface area contributed by atoms with Crippen molar-refractivity contribution in [2.24, 2.45) is 5.92 Å². The minimum Gasteiger partial charge on any atom is -0.444 e. The Morgan fingerprint density at radius 2 is 2.38 bits per heavy atom. The number of hydrogen-bond acceptors (Lipinski definition) is 3. The van der Waals surface area contributed by atoms with Gasteiger partial charge in [-0.25, -0.2) is 4.98 Å². The predicted molar refractivity (Wildman–Crippen MR) is 50.4 cm³/mol. The van der Waals surface area contributed by atoms with Crippen LogP contribution in [0.4, 0.5) is 0 Å². The molecule has 0 saturated heterocycles. The number of aromatic nitrogens is 1. The minimum absolute atomic E-state index is 0.633. The van der Waals surface area contributed by atoms with Gasteiger partial charge in [-0.2, -0.15) is 0 Å². The molecule has 13 heavy (non-hydrogen) atoms. The molecule has 1 aliphatic rings. The predicted octanol–water partition coefficient (Wildman–Crippen LogP) is 1.91. The Kier molecular flexibility index (Phi) is 2.36. The number of nitrogens with one attached hydrogen (secondary N) is 1. The fraction of sp³-hybridized carbons (Fsp3) is 0.700. The molecule has 0 atom stereocenters. The fourth-order valence-electron chi connectivity index (χ4n) is 1.88. The van der Waals surface area contributed by atoms with Gasteiger partial charge < -0.3 is 9.73 Å². The molecule has 1 heterocycles. The van der Waals surface area contributed by atoms with Gasteiger partial charge in [0.2, 0.25) is 5.89 Å². The summed E-state index contributed by atoms with van der Waals surface area (Å²) in [7, 11) is 1.90. The summed E-state index contributed by atoms with van der Waals surface area (Å²) in [5.74, 6) is 3.37. The normalized spacial score (nSPS) is 27.2. The Labute approximate surface area is 78.5 Å². The summed E-state index contributed by atoms with van der Waals surface area (Å²) < 4.78 is 5.60. The first-order valence-electron chi connectivity index (χ1n) is 4.88. The van der Waals surface area contributed by atoms with Crippen LogP contribution in [0.1, 0.15) is 37.3 Å². The molecular weight excluding hydrogens is 164 g/mol. The van der Waals surface area contributed by atoms with Crippen molar-refractivity contribution in [3.63, 3.8) is 0 Å². The Bertz CT molecular complexity index is 276. The molecule has 0 aromatic carbocycles. The van der Waals surface area contributed by atoms with Gasteiger partial charge in [0.15, 0.2) is 0 Å². The van der Waals surface area contributed by atoms with Crippen LogP contribution in [0.3, 0.4) is 0 Å². The van der Waals surface area contributed by atoms with Crippen molar-refractivity contribution in [1.82, 2.24) is 10.3 Å². The highest BCUT2D eigenvalue weighted by molar-refractivity contribution is 5.06. The van der Waals surface area contributed by atoms with Gasteiger partial charge in [0.1, 0.15) is 5.76 Å². The Morgan fingerprint density at radius 1 is 1.62 bits per heavy atom. The highest BCUT2D eigenvalue weighted by Crippen LogP contribution is 2.41. The van der Waals surface area contributed by atoms with Crippen molar-refractivity contribution in [3.05, 3.63) is 17.8 Å². The van der Waals surface area contributed by atoms with Gasteiger partial charge in [0.05, 0.1) is 12.7 Å². The molecule has 1 aromatic heterocycles. The van der Waals surface area contributed by atoms with Crippen LogP contribution in [0.25, 0.3) is 0 Å². The van der Waals surface area contributed by atoms with Crippen LogP contribution in [0, 0.1) is 5.92 Å². The van der Waals surface area contributed by atoms with Crippen molar-refractivity contribution in [1.29, 1.82) is 0 Å². The summed E-state index contributed by atoms with van der Waals surface area (Å²) in [6, 6.07) is 0. The second-order valence-electron chi connectivity index (χ2n) is 3.96. The average molecular weight is 180 g/mol. The molecule has 1 aromatic rings. The lowest BCUT2D eigenvalue weighted by Crippen LogP contribution is -2.18. The zero-order valence-electron chi connectivity index (χ0n) is 8.21. The molecule has 3 nitrogen and oxygen atoms in total. The summed E-state index contributed by atoms with van der Waals surface area (Å²) in [4.78, 5) is 4.20. The molecule has 0 aliphatic heterocycles. The van der Waals surface area contributed by atoms with Gasteiger partial charge >= 0.3 is 0 Å². The van der Waals surface area contributed by atoms with E-state index in [1.54, 1.807) is 0 Å². The third-order valence-electron chi connectivity index (χ3n) is 2.68. The Morgan fingerprint density at radius 3 is 3.00 bits per heavy atom. The van der Waals surface area contributed by atoms with Gasteiger partial charge in [0, 0.05) is 5.92 Å². The topological polar surface area (TPSA) is 38.1 Å². The maximum absolute atomic E-state index is 5.60. The standard InChI is InChI=1S/C10H16N2O/c1-7-3-8(4-7)9-5-12-10(13-9)6-11-2/h5,7-8,11H,3-4,6H2,1-2H3. The van der Waals surface area contributed by atoms with Crippen LogP contribution in [0.15, 0.2) is 10.6 Å². The van der Waals surface area contributed by atoms with Gasteiger partial charge in [-0.05, 0) is 25.8 Å². The van der Waals surface area contributed by atoms with E-state index < -0.39 is 0 Å². The molecule has 0 bridgehead atoms. The van der Waals surface area contributed by atoms with Crippen LogP contribution in [-0.2, 0) is 6.54 Å². The molecule has 2 rings (SSSR count).